The van der Waals surface area contributed by atoms with Crippen molar-refractivity contribution >= 4 is 17.2 Å². The zero-order valence-corrected chi connectivity index (χ0v) is 14.2. The molecule has 0 aliphatic rings. The molecule has 0 aliphatic carbocycles. The number of esters is 1. The number of carbonyl (C=O) groups excluding carboxylic acids is 1. The molecule has 0 unspecified atom stereocenters. The predicted octanol–water partition coefficient (Wildman–Crippen LogP) is 4.73. The average molecular weight is 344 g/mol. The molecule has 0 N–H and O–H groups in total. The Labute approximate surface area is 150 Å². The number of fused-ring (bicyclic) bond motifs is 1. The fourth-order valence-electron chi connectivity index (χ4n) is 2.83. The molecular formula is C21H16N2O3. The summed E-state index contributed by atoms with van der Waals surface area (Å²) < 4.78 is 10.4. The van der Waals surface area contributed by atoms with Gasteiger partial charge < -0.3 is 9.15 Å². The molecule has 0 saturated carbocycles. The summed E-state index contributed by atoms with van der Waals surface area (Å²) in [6.45, 7) is 2.06. The van der Waals surface area contributed by atoms with Crippen LogP contribution in [0.5, 0.6) is 0 Å². The lowest BCUT2D eigenvalue weighted by atomic mass is 10.0. The van der Waals surface area contributed by atoms with E-state index in [9.17, 15) is 4.79 Å². The van der Waals surface area contributed by atoms with Crippen molar-refractivity contribution in [3.63, 3.8) is 0 Å². The fraction of sp³-hybridized carbons (Fsp3) is 0.0952. The minimum atomic E-state index is -0.434. The Morgan fingerprint density at radius 3 is 2.42 bits per heavy atom. The van der Waals surface area contributed by atoms with Crippen molar-refractivity contribution in [2.45, 2.75) is 6.92 Å². The highest BCUT2D eigenvalue weighted by Crippen LogP contribution is 2.27. The lowest BCUT2D eigenvalue weighted by Gasteiger charge is -2.07. The van der Waals surface area contributed by atoms with Gasteiger partial charge in [0.1, 0.15) is 5.52 Å². The van der Waals surface area contributed by atoms with Crippen LogP contribution < -0.4 is 0 Å². The van der Waals surface area contributed by atoms with Gasteiger partial charge in [0.15, 0.2) is 6.39 Å². The molecule has 0 atom stereocenters. The maximum absolute atomic E-state index is 12.2. The normalized spacial score (nSPS) is 10.8. The molecule has 2 aromatic heterocycles. The first-order chi connectivity index (χ1) is 12.8. The number of nitrogens with zero attached hydrogens (tertiary/aromatic N) is 2. The Balaban J connectivity index is 1.76. The van der Waals surface area contributed by atoms with E-state index in [1.807, 2.05) is 42.5 Å². The summed E-state index contributed by atoms with van der Waals surface area (Å²) in [5.74, 6) is -0.434. The van der Waals surface area contributed by atoms with E-state index >= 15 is 0 Å². The molecule has 0 amide bonds. The number of rotatable bonds is 4. The van der Waals surface area contributed by atoms with E-state index in [2.05, 4.69) is 22.1 Å². The van der Waals surface area contributed by atoms with E-state index in [-0.39, 0.29) is 0 Å². The van der Waals surface area contributed by atoms with Crippen LogP contribution in [-0.4, -0.2) is 22.5 Å². The lowest BCUT2D eigenvalue weighted by molar-refractivity contribution is 0.0528. The molecular weight excluding hydrogens is 328 g/mol. The van der Waals surface area contributed by atoms with Crippen LogP contribution in [0.25, 0.3) is 33.6 Å². The summed E-state index contributed by atoms with van der Waals surface area (Å²) in [6, 6.07) is 19.8. The van der Waals surface area contributed by atoms with E-state index in [0.717, 1.165) is 16.7 Å². The van der Waals surface area contributed by atoms with Gasteiger partial charge in [-0.3, -0.25) is 0 Å². The third-order valence-electron chi connectivity index (χ3n) is 4.09. The van der Waals surface area contributed by atoms with Crippen molar-refractivity contribution in [1.82, 2.24) is 9.97 Å². The first-order valence-electron chi connectivity index (χ1n) is 8.33. The Morgan fingerprint density at radius 2 is 1.69 bits per heavy atom. The number of pyridine rings is 1. The van der Waals surface area contributed by atoms with Crippen molar-refractivity contribution < 1.29 is 13.9 Å². The summed E-state index contributed by atoms with van der Waals surface area (Å²) in [4.78, 5) is 20.8. The third kappa shape index (κ3) is 2.95. The summed E-state index contributed by atoms with van der Waals surface area (Å²) in [6.07, 6.45) is 1.28. The number of hydrogen-bond donors (Lipinski definition) is 0. The van der Waals surface area contributed by atoms with E-state index in [1.54, 1.807) is 13.0 Å². The molecule has 0 bridgehead atoms. The van der Waals surface area contributed by atoms with Gasteiger partial charge in [0.25, 0.3) is 0 Å². The third-order valence-corrected chi connectivity index (χ3v) is 4.09. The fourth-order valence-corrected chi connectivity index (χ4v) is 2.83. The smallest absolute Gasteiger partial charge is 0.340 e. The molecule has 5 heteroatoms. The van der Waals surface area contributed by atoms with Crippen LogP contribution in [0.4, 0.5) is 0 Å². The monoisotopic (exact) mass is 344 g/mol. The van der Waals surface area contributed by atoms with Gasteiger partial charge in [-0.1, -0.05) is 54.6 Å². The molecule has 2 heterocycles. The zero-order valence-electron chi connectivity index (χ0n) is 14.2. The van der Waals surface area contributed by atoms with Crippen LogP contribution >= 0.6 is 0 Å². The number of ether oxygens (including phenoxy) is 1. The molecule has 128 valence electrons. The van der Waals surface area contributed by atoms with Crippen LogP contribution in [0.3, 0.4) is 0 Å². The van der Waals surface area contributed by atoms with Crippen molar-refractivity contribution in [2.75, 3.05) is 6.61 Å². The molecule has 0 aliphatic heterocycles. The second kappa shape index (κ2) is 6.80. The molecule has 0 fully saturated rings. The largest absolute Gasteiger partial charge is 0.462 e. The minimum absolute atomic E-state index is 0.293. The Bertz CT molecular complexity index is 1050. The first-order valence-corrected chi connectivity index (χ1v) is 8.33. The maximum Gasteiger partial charge on any atom is 0.340 e. The summed E-state index contributed by atoms with van der Waals surface area (Å²) in [7, 11) is 0. The number of hydrogen-bond acceptors (Lipinski definition) is 5. The van der Waals surface area contributed by atoms with Gasteiger partial charge in [0.05, 0.1) is 17.9 Å². The van der Waals surface area contributed by atoms with Crippen LogP contribution in [0.15, 0.2) is 71.5 Å². The van der Waals surface area contributed by atoms with E-state index in [4.69, 9.17) is 9.15 Å². The van der Waals surface area contributed by atoms with Gasteiger partial charge in [-0.25, -0.2) is 14.8 Å². The van der Waals surface area contributed by atoms with Crippen molar-refractivity contribution in [1.29, 1.82) is 0 Å². The molecule has 5 nitrogen and oxygen atoms in total. The molecule has 4 rings (SSSR count). The average Bonchev–Trinajstić information content (AvgIpc) is 3.17. The van der Waals surface area contributed by atoms with Gasteiger partial charge in [-0.2, -0.15) is 0 Å². The summed E-state index contributed by atoms with van der Waals surface area (Å²) in [5, 5.41) is 0. The topological polar surface area (TPSA) is 65.2 Å². The molecule has 0 saturated heterocycles. The van der Waals surface area contributed by atoms with Gasteiger partial charge in [0.2, 0.25) is 5.71 Å². The Hall–Kier alpha value is -3.47. The van der Waals surface area contributed by atoms with Crippen LogP contribution in [-0.2, 0) is 4.74 Å². The van der Waals surface area contributed by atoms with Crippen molar-refractivity contribution in [3.8, 4) is 22.4 Å². The van der Waals surface area contributed by atoms with Gasteiger partial charge >= 0.3 is 5.97 Å². The predicted molar refractivity (Wildman–Crippen MR) is 98.6 cm³/mol. The highest BCUT2D eigenvalue weighted by Gasteiger charge is 2.18. The number of oxazole rings is 1. The Kier molecular flexibility index (Phi) is 4.19. The quantitative estimate of drug-likeness (QED) is 0.501. The van der Waals surface area contributed by atoms with Crippen LogP contribution in [0.2, 0.25) is 0 Å². The lowest BCUT2D eigenvalue weighted by Crippen LogP contribution is -2.06. The van der Waals surface area contributed by atoms with Gasteiger partial charge in [-0.15, -0.1) is 0 Å². The van der Waals surface area contributed by atoms with Crippen molar-refractivity contribution in [2.24, 2.45) is 0 Å². The molecule has 4 aromatic rings. The standard InChI is InChI=1S/C21H16N2O3/c1-2-25-21(24)17-12-18(23-20-19(17)22-13-26-20)16-10-8-15(9-11-16)14-6-4-3-5-7-14/h3-13H,2H2,1H3. The number of benzene rings is 2. The van der Waals surface area contributed by atoms with E-state index in [1.165, 1.54) is 6.39 Å². The molecule has 0 spiro atoms. The maximum atomic E-state index is 12.2. The highest BCUT2D eigenvalue weighted by atomic mass is 16.5. The summed E-state index contributed by atoms with van der Waals surface area (Å²) in [5.41, 5.74) is 4.86. The Morgan fingerprint density at radius 1 is 1.00 bits per heavy atom. The van der Waals surface area contributed by atoms with E-state index in [0.29, 0.717) is 29.1 Å². The minimum Gasteiger partial charge on any atom is -0.462 e. The van der Waals surface area contributed by atoms with E-state index < -0.39 is 5.97 Å². The second-order valence-corrected chi connectivity index (χ2v) is 5.73. The first kappa shape index (κ1) is 16.0. The van der Waals surface area contributed by atoms with Gasteiger partial charge in [0, 0.05) is 5.56 Å². The summed E-state index contributed by atoms with van der Waals surface area (Å²) >= 11 is 0. The SMILES string of the molecule is CCOC(=O)c1cc(-c2ccc(-c3ccccc3)cc2)nc2ocnc12. The van der Waals surface area contributed by atoms with Gasteiger partial charge in [-0.05, 0) is 24.1 Å². The second-order valence-electron chi connectivity index (χ2n) is 5.73. The number of aromatic nitrogens is 2. The number of carbonyl (C=O) groups is 1. The molecule has 0 radical (unpaired) electrons. The zero-order chi connectivity index (χ0) is 17.9. The van der Waals surface area contributed by atoms with Crippen molar-refractivity contribution in [3.05, 3.63) is 72.6 Å². The van der Waals surface area contributed by atoms with Crippen LogP contribution in [0.1, 0.15) is 17.3 Å². The highest BCUT2D eigenvalue weighted by molar-refractivity contribution is 6.01. The van der Waals surface area contributed by atoms with Crippen LogP contribution in [0, 0.1) is 0 Å². The molecule has 2 aromatic carbocycles. The molecule has 26 heavy (non-hydrogen) atoms.